The van der Waals surface area contributed by atoms with Crippen molar-refractivity contribution < 1.29 is 4.74 Å². The minimum absolute atomic E-state index is 0.283. The number of hydrogen-bond acceptors (Lipinski definition) is 3. The molecule has 15 heavy (non-hydrogen) atoms. The summed E-state index contributed by atoms with van der Waals surface area (Å²) in [4.78, 5) is 4.20. The molecule has 4 heteroatoms. The molecule has 1 atom stereocenters. The summed E-state index contributed by atoms with van der Waals surface area (Å²) in [5.74, 6) is 0.518. The number of aromatic nitrogens is 2. The quantitative estimate of drug-likeness (QED) is 0.807. The molecule has 1 aromatic rings. The van der Waals surface area contributed by atoms with Crippen molar-refractivity contribution in [2.24, 2.45) is 0 Å². The van der Waals surface area contributed by atoms with Crippen LogP contribution in [-0.4, -0.2) is 35.4 Å². The molecule has 0 amide bonds. The fraction of sp³-hybridized carbons (Fsp3) is 0.727. The lowest BCUT2D eigenvalue weighted by Crippen LogP contribution is -2.40. The molecule has 0 bridgehead atoms. The lowest BCUT2D eigenvalue weighted by Gasteiger charge is -2.25. The highest BCUT2D eigenvalue weighted by Crippen LogP contribution is 2.14. The van der Waals surface area contributed by atoms with Crippen LogP contribution in [0.4, 0.5) is 0 Å². The molecule has 1 N–H and O–H groups in total. The van der Waals surface area contributed by atoms with Gasteiger partial charge < -0.3 is 14.6 Å². The van der Waals surface area contributed by atoms with Crippen LogP contribution >= 0.6 is 0 Å². The Kier molecular flexibility index (Phi) is 3.38. The average molecular weight is 209 g/mol. The van der Waals surface area contributed by atoms with E-state index in [1.165, 1.54) is 5.69 Å². The molecule has 0 radical (unpaired) electrons. The maximum Gasteiger partial charge on any atom is 0.0949 e. The van der Waals surface area contributed by atoms with E-state index in [1.807, 2.05) is 12.5 Å². The molecule has 0 spiro atoms. The van der Waals surface area contributed by atoms with Crippen molar-refractivity contribution in [3.8, 4) is 0 Å². The first-order valence-corrected chi connectivity index (χ1v) is 5.59. The van der Waals surface area contributed by atoms with Gasteiger partial charge in [0.05, 0.1) is 25.6 Å². The number of rotatable bonds is 3. The van der Waals surface area contributed by atoms with E-state index in [-0.39, 0.29) is 6.10 Å². The molecule has 0 aromatic carbocycles. The van der Waals surface area contributed by atoms with Gasteiger partial charge in [-0.3, -0.25) is 0 Å². The van der Waals surface area contributed by atoms with Crippen LogP contribution < -0.4 is 5.32 Å². The molecule has 1 fully saturated rings. The molecule has 4 nitrogen and oxygen atoms in total. The summed E-state index contributed by atoms with van der Waals surface area (Å²) in [5.41, 5.74) is 1.28. The summed E-state index contributed by atoms with van der Waals surface area (Å²) in [5, 5.41) is 3.34. The first-order valence-electron chi connectivity index (χ1n) is 5.59. The first-order chi connectivity index (χ1) is 7.27. The third kappa shape index (κ3) is 2.58. The molecule has 84 valence electrons. The Balaban J connectivity index is 1.99. The Hall–Kier alpha value is -0.870. The van der Waals surface area contributed by atoms with Crippen molar-refractivity contribution in [1.82, 2.24) is 14.9 Å². The van der Waals surface area contributed by atoms with Crippen LogP contribution in [-0.2, 0) is 11.3 Å². The highest BCUT2D eigenvalue weighted by molar-refractivity contribution is 5.03. The number of hydrogen-bond donors (Lipinski definition) is 1. The van der Waals surface area contributed by atoms with Crippen LogP contribution in [0, 0.1) is 0 Å². The van der Waals surface area contributed by atoms with Crippen LogP contribution in [0.25, 0.3) is 0 Å². The molecule has 2 rings (SSSR count). The average Bonchev–Trinajstić information content (AvgIpc) is 2.67. The van der Waals surface area contributed by atoms with Crippen LogP contribution in [0.3, 0.4) is 0 Å². The molecule has 1 aromatic heterocycles. The third-order valence-electron chi connectivity index (χ3n) is 2.74. The monoisotopic (exact) mass is 209 g/mol. The fourth-order valence-corrected chi connectivity index (χ4v) is 1.92. The van der Waals surface area contributed by atoms with E-state index in [9.17, 15) is 0 Å². The highest BCUT2D eigenvalue weighted by Gasteiger charge is 2.15. The second kappa shape index (κ2) is 4.77. The molecular weight excluding hydrogens is 190 g/mol. The minimum Gasteiger partial charge on any atom is -0.374 e. The van der Waals surface area contributed by atoms with Crippen molar-refractivity contribution in [1.29, 1.82) is 0 Å². The van der Waals surface area contributed by atoms with Gasteiger partial charge in [-0.25, -0.2) is 4.98 Å². The summed E-state index contributed by atoms with van der Waals surface area (Å²) in [7, 11) is 0. The first kappa shape index (κ1) is 10.6. The number of nitrogens with one attached hydrogen (secondary N) is 1. The number of ether oxygens (including phenoxy) is 1. The molecule has 1 saturated heterocycles. The smallest absolute Gasteiger partial charge is 0.0949 e. The Labute approximate surface area is 90.6 Å². The summed E-state index contributed by atoms with van der Waals surface area (Å²) in [6.45, 7) is 8.01. The van der Waals surface area contributed by atoms with Gasteiger partial charge in [0.1, 0.15) is 0 Å². The molecule has 0 aliphatic carbocycles. The van der Waals surface area contributed by atoms with Crippen molar-refractivity contribution in [3.05, 3.63) is 18.2 Å². The van der Waals surface area contributed by atoms with Gasteiger partial charge in [0.25, 0.3) is 0 Å². The standard InChI is InChI=1S/C11H19N3O/c1-9(2)11-6-13-8-14(11)7-10-5-12-3-4-15-10/h6,8-10,12H,3-5,7H2,1-2H3. The molecule has 1 aliphatic rings. The normalized spacial score (nSPS) is 22.2. The van der Waals surface area contributed by atoms with Gasteiger partial charge in [-0.15, -0.1) is 0 Å². The number of nitrogens with zero attached hydrogens (tertiary/aromatic N) is 2. The van der Waals surface area contributed by atoms with Gasteiger partial charge in [0.15, 0.2) is 0 Å². The minimum atomic E-state index is 0.283. The van der Waals surface area contributed by atoms with E-state index in [0.717, 1.165) is 26.2 Å². The third-order valence-corrected chi connectivity index (χ3v) is 2.74. The van der Waals surface area contributed by atoms with Crippen molar-refractivity contribution in [2.45, 2.75) is 32.4 Å². The van der Waals surface area contributed by atoms with Gasteiger partial charge in [-0.05, 0) is 5.92 Å². The van der Waals surface area contributed by atoms with E-state index in [4.69, 9.17) is 4.74 Å². The zero-order valence-corrected chi connectivity index (χ0v) is 9.44. The van der Waals surface area contributed by atoms with Gasteiger partial charge >= 0.3 is 0 Å². The predicted octanol–water partition coefficient (Wildman–Crippen LogP) is 0.995. The van der Waals surface area contributed by atoms with Gasteiger partial charge in [0.2, 0.25) is 0 Å². The molecular formula is C11H19N3O. The van der Waals surface area contributed by atoms with Gasteiger partial charge in [0, 0.05) is 25.0 Å². The largest absolute Gasteiger partial charge is 0.374 e. The summed E-state index contributed by atoms with van der Waals surface area (Å²) in [6.07, 6.45) is 4.12. The lowest BCUT2D eigenvalue weighted by molar-refractivity contribution is 0.0177. The summed E-state index contributed by atoms with van der Waals surface area (Å²) < 4.78 is 7.87. The second-order valence-electron chi connectivity index (χ2n) is 4.32. The Bertz CT molecular complexity index is 303. The highest BCUT2D eigenvalue weighted by atomic mass is 16.5. The zero-order chi connectivity index (χ0) is 10.7. The van der Waals surface area contributed by atoms with E-state index in [1.54, 1.807) is 0 Å². The number of imidazole rings is 1. The maximum atomic E-state index is 5.67. The molecule has 2 heterocycles. The van der Waals surface area contributed by atoms with E-state index < -0.39 is 0 Å². The summed E-state index contributed by atoms with van der Waals surface area (Å²) >= 11 is 0. The maximum absolute atomic E-state index is 5.67. The van der Waals surface area contributed by atoms with Crippen LogP contribution in [0.2, 0.25) is 0 Å². The van der Waals surface area contributed by atoms with Crippen LogP contribution in [0.1, 0.15) is 25.5 Å². The predicted molar refractivity (Wildman–Crippen MR) is 58.9 cm³/mol. The molecule has 0 saturated carbocycles. The van der Waals surface area contributed by atoms with E-state index in [2.05, 4.69) is 28.7 Å². The zero-order valence-electron chi connectivity index (χ0n) is 9.44. The van der Waals surface area contributed by atoms with E-state index >= 15 is 0 Å². The Morgan fingerprint density at radius 2 is 2.53 bits per heavy atom. The van der Waals surface area contributed by atoms with Crippen molar-refractivity contribution in [2.75, 3.05) is 19.7 Å². The SMILES string of the molecule is CC(C)c1cncn1CC1CNCCO1. The van der Waals surface area contributed by atoms with E-state index in [0.29, 0.717) is 5.92 Å². The molecule has 1 unspecified atom stereocenters. The summed E-state index contributed by atoms with van der Waals surface area (Å²) in [6, 6.07) is 0. The molecule has 1 aliphatic heterocycles. The Morgan fingerprint density at radius 3 is 3.20 bits per heavy atom. The topological polar surface area (TPSA) is 39.1 Å². The second-order valence-corrected chi connectivity index (χ2v) is 4.32. The van der Waals surface area contributed by atoms with Crippen molar-refractivity contribution in [3.63, 3.8) is 0 Å². The Morgan fingerprint density at radius 1 is 1.67 bits per heavy atom. The fourth-order valence-electron chi connectivity index (χ4n) is 1.92. The lowest BCUT2D eigenvalue weighted by atomic mass is 10.1. The number of morpholine rings is 1. The van der Waals surface area contributed by atoms with Crippen LogP contribution in [0.15, 0.2) is 12.5 Å². The van der Waals surface area contributed by atoms with Crippen LogP contribution in [0.5, 0.6) is 0 Å². The van der Waals surface area contributed by atoms with Crippen molar-refractivity contribution >= 4 is 0 Å². The van der Waals surface area contributed by atoms with Gasteiger partial charge in [-0.1, -0.05) is 13.8 Å². The van der Waals surface area contributed by atoms with Gasteiger partial charge in [-0.2, -0.15) is 0 Å².